The standard InChI is InChI=1S/C22H23FN6/c1-15-20(16-6-8-17(23)9-7-16)22-26-19-5-2-4-18(19)21(29(22)27-15)25-10-3-12-28-13-11-24-14-28/h6-9,11,13-14,25H,2-5,10,12H2,1H3. The van der Waals surface area contributed by atoms with Crippen LogP contribution in [0.4, 0.5) is 10.2 Å². The average Bonchev–Trinajstić information content (AvgIpc) is 3.45. The van der Waals surface area contributed by atoms with E-state index in [-0.39, 0.29) is 5.82 Å². The molecule has 5 rings (SSSR count). The molecule has 6 nitrogen and oxygen atoms in total. The van der Waals surface area contributed by atoms with Gasteiger partial charge in [-0.25, -0.2) is 14.4 Å². The number of anilines is 1. The number of imidazole rings is 1. The van der Waals surface area contributed by atoms with Gasteiger partial charge in [-0.05, 0) is 50.3 Å². The van der Waals surface area contributed by atoms with Gasteiger partial charge in [0.1, 0.15) is 11.6 Å². The van der Waals surface area contributed by atoms with Crippen LogP contribution in [0.1, 0.15) is 29.8 Å². The van der Waals surface area contributed by atoms with Gasteiger partial charge in [0.25, 0.3) is 0 Å². The van der Waals surface area contributed by atoms with Gasteiger partial charge in [-0.2, -0.15) is 9.61 Å². The molecule has 0 saturated heterocycles. The molecular weight excluding hydrogens is 367 g/mol. The molecule has 4 aromatic rings. The monoisotopic (exact) mass is 390 g/mol. The highest BCUT2D eigenvalue weighted by Gasteiger charge is 2.23. The van der Waals surface area contributed by atoms with E-state index in [1.54, 1.807) is 18.3 Å². The molecule has 0 saturated carbocycles. The second-order valence-corrected chi connectivity index (χ2v) is 7.52. The quantitative estimate of drug-likeness (QED) is 0.505. The molecule has 0 unspecified atom stereocenters. The van der Waals surface area contributed by atoms with Crippen LogP contribution in [0.2, 0.25) is 0 Å². The minimum Gasteiger partial charge on any atom is -0.370 e. The van der Waals surface area contributed by atoms with Crippen molar-refractivity contribution < 1.29 is 4.39 Å². The molecule has 0 radical (unpaired) electrons. The van der Waals surface area contributed by atoms with Crippen molar-refractivity contribution >= 4 is 11.5 Å². The third kappa shape index (κ3) is 3.26. The van der Waals surface area contributed by atoms with Crippen molar-refractivity contribution in [3.05, 3.63) is 65.8 Å². The number of aromatic nitrogens is 5. The Morgan fingerprint density at radius 2 is 2.03 bits per heavy atom. The van der Waals surface area contributed by atoms with Gasteiger partial charge in [-0.1, -0.05) is 12.1 Å². The Morgan fingerprint density at radius 1 is 1.17 bits per heavy atom. The maximum Gasteiger partial charge on any atom is 0.165 e. The number of hydrogen-bond donors (Lipinski definition) is 1. The van der Waals surface area contributed by atoms with Gasteiger partial charge in [-0.15, -0.1) is 0 Å². The van der Waals surface area contributed by atoms with Crippen LogP contribution in [-0.4, -0.2) is 30.7 Å². The fourth-order valence-electron chi connectivity index (χ4n) is 4.16. The topological polar surface area (TPSA) is 60.0 Å². The number of aryl methyl sites for hydroxylation is 3. The summed E-state index contributed by atoms with van der Waals surface area (Å²) in [5.41, 5.74) is 6.07. The summed E-state index contributed by atoms with van der Waals surface area (Å²) in [5, 5.41) is 8.42. The van der Waals surface area contributed by atoms with Crippen molar-refractivity contribution in [1.82, 2.24) is 24.1 Å². The van der Waals surface area contributed by atoms with E-state index in [9.17, 15) is 4.39 Å². The summed E-state index contributed by atoms with van der Waals surface area (Å²) < 4.78 is 17.4. The largest absolute Gasteiger partial charge is 0.370 e. The van der Waals surface area contributed by atoms with Crippen molar-refractivity contribution in [2.75, 3.05) is 11.9 Å². The molecule has 0 bridgehead atoms. The molecule has 1 aliphatic carbocycles. The Bertz CT molecular complexity index is 1140. The van der Waals surface area contributed by atoms with Crippen LogP contribution >= 0.6 is 0 Å². The molecule has 7 heteroatoms. The molecule has 1 aliphatic rings. The van der Waals surface area contributed by atoms with Crippen molar-refractivity contribution in [3.8, 4) is 11.1 Å². The zero-order valence-electron chi connectivity index (χ0n) is 16.4. The molecular formula is C22H23FN6. The van der Waals surface area contributed by atoms with Gasteiger partial charge in [0.2, 0.25) is 0 Å². The molecule has 0 atom stereocenters. The van der Waals surface area contributed by atoms with Gasteiger partial charge in [0.15, 0.2) is 5.65 Å². The Morgan fingerprint density at radius 3 is 2.83 bits per heavy atom. The maximum atomic E-state index is 13.4. The first-order valence-electron chi connectivity index (χ1n) is 10.1. The molecule has 3 heterocycles. The van der Waals surface area contributed by atoms with Crippen LogP contribution in [0.15, 0.2) is 43.0 Å². The minimum absolute atomic E-state index is 0.239. The Hall–Kier alpha value is -3.22. The summed E-state index contributed by atoms with van der Waals surface area (Å²) in [6, 6.07) is 6.57. The summed E-state index contributed by atoms with van der Waals surface area (Å²) in [5.74, 6) is 0.807. The molecule has 0 spiro atoms. The lowest BCUT2D eigenvalue weighted by Gasteiger charge is -2.13. The first-order chi connectivity index (χ1) is 14.2. The van der Waals surface area contributed by atoms with Gasteiger partial charge in [0.05, 0.1) is 12.0 Å². The van der Waals surface area contributed by atoms with E-state index in [4.69, 9.17) is 10.1 Å². The smallest absolute Gasteiger partial charge is 0.165 e. The van der Waals surface area contributed by atoms with E-state index in [0.29, 0.717) is 0 Å². The Balaban J connectivity index is 1.51. The SMILES string of the molecule is Cc1nn2c(NCCCn3ccnc3)c3c(nc2c1-c1ccc(F)cc1)CCC3. The van der Waals surface area contributed by atoms with Crippen LogP contribution in [-0.2, 0) is 19.4 Å². The van der Waals surface area contributed by atoms with Crippen LogP contribution in [0, 0.1) is 12.7 Å². The predicted molar refractivity (Wildman–Crippen MR) is 110 cm³/mol. The van der Waals surface area contributed by atoms with Gasteiger partial charge < -0.3 is 9.88 Å². The van der Waals surface area contributed by atoms with E-state index in [1.165, 1.54) is 17.7 Å². The first-order valence-corrected chi connectivity index (χ1v) is 10.1. The third-order valence-corrected chi connectivity index (χ3v) is 5.54. The molecule has 0 aliphatic heterocycles. The third-order valence-electron chi connectivity index (χ3n) is 5.54. The highest BCUT2D eigenvalue weighted by Crippen LogP contribution is 2.34. The summed E-state index contributed by atoms with van der Waals surface area (Å²) >= 11 is 0. The Labute approximate surface area is 168 Å². The molecule has 0 amide bonds. The maximum absolute atomic E-state index is 13.4. The second-order valence-electron chi connectivity index (χ2n) is 7.52. The van der Waals surface area contributed by atoms with E-state index < -0.39 is 0 Å². The lowest BCUT2D eigenvalue weighted by molar-refractivity contribution is 0.628. The molecule has 1 N–H and O–H groups in total. The molecule has 148 valence electrons. The van der Waals surface area contributed by atoms with Crippen LogP contribution in [0.25, 0.3) is 16.8 Å². The highest BCUT2D eigenvalue weighted by molar-refractivity contribution is 5.81. The van der Waals surface area contributed by atoms with E-state index in [1.807, 2.05) is 24.0 Å². The molecule has 3 aromatic heterocycles. The van der Waals surface area contributed by atoms with Crippen molar-refractivity contribution in [2.45, 2.75) is 39.2 Å². The second kappa shape index (κ2) is 7.31. The van der Waals surface area contributed by atoms with Gasteiger partial charge in [-0.3, -0.25) is 0 Å². The summed E-state index contributed by atoms with van der Waals surface area (Å²) in [4.78, 5) is 9.05. The zero-order valence-corrected chi connectivity index (χ0v) is 16.4. The normalized spacial score (nSPS) is 13.2. The number of fused-ring (bicyclic) bond motifs is 2. The number of rotatable bonds is 6. The van der Waals surface area contributed by atoms with Crippen molar-refractivity contribution in [2.24, 2.45) is 0 Å². The van der Waals surface area contributed by atoms with Crippen LogP contribution in [0.3, 0.4) is 0 Å². The fraction of sp³-hybridized carbons (Fsp3) is 0.318. The Kier molecular flexibility index (Phi) is 4.50. The van der Waals surface area contributed by atoms with Crippen molar-refractivity contribution in [1.29, 1.82) is 0 Å². The number of benzene rings is 1. The lowest BCUT2D eigenvalue weighted by atomic mass is 10.1. The summed E-state index contributed by atoms with van der Waals surface area (Å²) in [7, 11) is 0. The number of halogens is 1. The van der Waals surface area contributed by atoms with Crippen LogP contribution < -0.4 is 5.32 Å². The lowest BCUT2D eigenvalue weighted by Crippen LogP contribution is -2.12. The highest BCUT2D eigenvalue weighted by atomic mass is 19.1. The number of nitrogens with one attached hydrogen (secondary N) is 1. The summed E-state index contributed by atoms with van der Waals surface area (Å²) in [6.45, 7) is 3.75. The van der Waals surface area contributed by atoms with E-state index >= 15 is 0 Å². The average molecular weight is 390 g/mol. The predicted octanol–water partition coefficient (Wildman–Crippen LogP) is 4.03. The fourth-order valence-corrected chi connectivity index (χ4v) is 4.16. The molecule has 1 aromatic carbocycles. The van der Waals surface area contributed by atoms with Gasteiger partial charge in [0, 0.05) is 42.3 Å². The van der Waals surface area contributed by atoms with Gasteiger partial charge >= 0.3 is 0 Å². The van der Waals surface area contributed by atoms with Crippen molar-refractivity contribution in [3.63, 3.8) is 0 Å². The molecule has 29 heavy (non-hydrogen) atoms. The van der Waals surface area contributed by atoms with E-state index in [2.05, 4.69) is 14.9 Å². The van der Waals surface area contributed by atoms with E-state index in [0.717, 1.165) is 72.8 Å². The number of hydrogen-bond acceptors (Lipinski definition) is 4. The van der Waals surface area contributed by atoms with Crippen LogP contribution in [0.5, 0.6) is 0 Å². The first kappa shape index (κ1) is 17.8. The zero-order chi connectivity index (χ0) is 19.8. The molecule has 0 fully saturated rings. The summed E-state index contributed by atoms with van der Waals surface area (Å²) in [6.07, 6.45) is 9.73. The number of nitrogens with zero attached hydrogens (tertiary/aromatic N) is 5. The minimum atomic E-state index is -0.239.